The number of fused-ring (bicyclic) bond motifs is 1. The van der Waals surface area contributed by atoms with E-state index in [1.165, 1.54) is 16.0 Å². The minimum Gasteiger partial charge on any atom is -0.293 e. The Morgan fingerprint density at radius 3 is 2.65 bits per heavy atom. The van der Waals surface area contributed by atoms with Gasteiger partial charge in [0.2, 0.25) is 5.13 Å². The van der Waals surface area contributed by atoms with Crippen molar-refractivity contribution in [1.82, 2.24) is 14.8 Å². The van der Waals surface area contributed by atoms with Crippen LogP contribution in [0, 0.1) is 6.92 Å². The molecule has 26 heavy (non-hydrogen) atoms. The molecule has 1 N–H and O–H groups in total. The van der Waals surface area contributed by atoms with Gasteiger partial charge in [-0.05, 0) is 31.5 Å². The van der Waals surface area contributed by atoms with Crippen LogP contribution in [0.2, 0.25) is 0 Å². The highest BCUT2D eigenvalue weighted by Gasteiger charge is 2.14. The van der Waals surface area contributed by atoms with Gasteiger partial charge in [-0.25, -0.2) is 4.98 Å². The Labute approximate surface area is 154 Å². The van der Waals surface area contributed by atoms with Crippen molar-refractivity contribution < 1.29 is 0 Å². The van der Waals surface area contributed by atoms with E-state index in [9.17, 15) is 4.79 Å². The summed E-state index contributed by atoms with van der Waals surface area (Å²) in [5.74, 6) is 0. The summed E-state index contributed by atoms with van der Waals surface area (Å²) in [4.78, 5) is 21.9. The summed E-state index contributed by atoms with van der Waals surface area (Å²) in [6.07, 6.45) is 1.66. The Kier molecular flexibility index (Phi) is 4.26. The van der Waals surface area contributed by atoms with Crippen molar-refractivity contribution >= 4 is 27.8 Å². The summed E-state index contributed by atoms with van der Waals surface area (Å²) in [6, 6.07) is 17.9. The van der Waals surface area contributed by atoms with Crippen molar-refractivity contribution in [2.45, 2.75) is 19.9 Å². The van der Waals surface area contributed by atoms with Gasteiger partial charge in [0.1, 0.15) is 0 Å². The molecule has 0 aliphatic heterocycles. The van der Waals surface area contributed by atoms with E-state index in [-0.39, 0.29) is 11.6 Å². The number of thiazole rings is 1. The van der Waals surface area contributed by atoms with Crippen LogP contribution < -0.4 is 5.56 Å². The molecule has 0 aliphatic carbocycles. The second-order valence-corrected chi connectivity index (χ2v) is 7.13. The molecule has 6 heteroatoms. The standard InChI is InChI=1S/C20H18N4OS/c1-13(15-8-4-3-5-9-15)21-12-16-14(2)23-24(19(16)25)20-22-17-10-6-7-11-18(17)26-20/h3-13,23H,1-2H3/t13-/m1/s1. The molecule has 5 nitrogen and oxygen atoms in total. The number of para-hydroxylation sites is 1. The number of aliphatic imine (C=N–C) groups is 1. The predicted octanol–water partition coefficient (Wildman–Crippen LogP) is 4.26. The van der Waals surface area contributed by atoms with Crippen LogP contribution in [0.15, 0.2) is 64.4 Å². The smallest absolute Gasteiger partial charge is 0.282 e. The van der Waals surface area contributed by atoms with Gasteiger partial charge in [-0.2, -0.15) is 4.68 Å². The van der Waals surface area contributed by atoms with Crippen LogP contribution in [0.3, 0.4) is 0 Å². The third kappa shape index (κ3) is 2.99. The molecule has 0 aliphatic rings. The summed E-state index contributed by atoms with van der Waals surface area (Å²) >= 11 is 1.48. The zero-order chi connectivity index (χ0) is 18.1. The van der Waals surface area contributed by atoms with Crippen molar-refractivity contribution in [3.05, 3.63) is 81.8 Å². The van der Waals surface area contributed by atoms with E-state index in [1.807, 2.05) is 68.4 Å². The Morgan fingerprint density at radius 2 is 1.88 bits per heavy atom. The lowest BCUT2D eigenvalue weighted by Gasteiger charge is -2.05. The fourth-order valence-corrected chi connectivity index (χ4v) is 3.73. The first-order valence-electron chi connectivity index (χ1n) is 8.39. The van der Waals surface area contributed by atoms with Crippen molar-refractivity contribution in [2.24, 2.45) is 4.99 Å². The van der Waals surface area contributed by atoms with E-state index >= 15 is 0 Å². The third-order valence-corrected chi connectivity index (χ3v) is 5.32. The normalized spacial score (nSPS) is 12.8. The number of nitrogens with zero attached hydrogens (tertiary/aromatic N) is 3. The van der Waals surface area contributed by atoms with Gasteiger partial charge in [-0.1, -0.05) is 53.8 Å². The molecule has 2 heterocycles. The first kappa shape index (κ1) is 16.5. The van der Waals surface area contributed by atoms with Gasteiger partial charge >= 0.3 is 0 Å². The highest BCUT2D eigenvalue weighted by Crippen LogP contribution is 2.23. The monoisotopic (exact) mass is 362 g/mol. The lowest BCUT2D eigenvalue weighted by atomic mass is 10.1. The van der Waals surface area contributed by atoms with Crippen LogP contribution in [0.25, 0.3) is 15.3 Å². The number of aromatic nitrogens is 3. The van der Waals surface area contributed by atoms with Gasteiger partial charge in [0, 0.05) is 11.9 Å². The molecule has 0 unspecified atom stereocenters. The molecule has 130 valence electrons. The number of nitrogens with one attached hydrogen (secondary N) is 1. The molecular weight excluding hydrogens is 344 g/mol. The van der Waals surface area contributed by atoms with Crippen LogP contribution in [0.1, 0.15) is 29.8 Å². The second kappa shape index (κ2) is 6.72. The average Bonchev–Trinajstić information content (AvgIpc) is 3.21. The fourth-order valence-electron chi connectivity index (χ4n) is 2.81. The molecule has 0 saturated carbocycles. The topological polar surface area (TPSA) is 63.0 Å². The highest BCUT2D eigenvalue weighted by atomic mass is 32.1. The molecule has 0 fully saturated rings. The lowest BCUT2D eigenvalue weighted by molar-refractivity contribution is 0.824. The summed E-state index contributed by atoms with van der Waals surface area (Å²) in [5, 5.41) is 3.75. The molecule has 4 aromatic rings. The van der Waals surface area contributed by atoms with E-state index in [4.69, 9.17) is 0 Å². The van der Waals surface area contributed by atoms with E-state index < -0.39 is 0 Å². The summed E-state index contributed by atoms with van der Waals surface area (Å²) in [5.41, 5.74) is 3.21. The molecule has 1 atom stereocenters. The lowest BCUT2D eigenvalue weighted by Crippen LogP contribution is -2.17. The molecule has 2 aromatic carbocycles. The van der Waals surface area contributed by atoms with Crippen LogP contribution in [-0.2, 0) is 0 Å². The van der Waals surface area contributed by atoms with Crippen molar-refractivity contribution in [3.63, 3.8) is 0 Å². The van der Waals surface area contributed by atoms with Crippen molar-refractivity contribution in [1.29, 1.82) is 0 Å². The quantitative estimate of drug-likeness (QED) is 0.551. The molecule has 2 aromatic heterocycles. The van der Waals surface area contributed by atoms with Gasteiger partial charge in [0.05, 0.1) is 21.8 Å². The Balaban J connectivity index is 1.68. The van der Waals surface area contributed by atoms with Crippen LogP contribution in [-0.4, -0.2) is 21.0 Å². The van der Waals surface area contributed by atoms with Gasteiger partial charge in [0.15, 0.2) is 0 Å². The molecule has 0 spiro atoms. The Morgan fingerprint density at radius 1 is 1.15 bits per heavy atom. The second-order valence-electron chi connectivity index (χ2n) is 6.12. The summed E-state index contributed by atoms with van der Waals surface area (Å²) in [7, 11) is 0. The number of hydrogen-bond donors (Lipinski definition) is 1. The zero-order valence-corrected chi connectivity index (χ0v) is 15.3. The highest BCUT2D eigenvalue weighted by molar-refractivity contribution is 7.20. The maximum absolute atomic E-state index is 12.8. The molecular formula is C20H18N4OS. The number of hydrogen-bond acceptors (Lipinski definition) is 4. The number of rotatable bonds is 4. The minimum atomic E-state index is -0.134. The van der Waals surface area contributed by atoms with Crippen molar-refractivity contribution in [3.8, 4) is 5.13 Å². The maximum atomic E-state index is 12.8. The number of aromatic amines is 1. The number of H-pyrrole nitrogens is 1. The largest absolute Gasteiger partial charge is 0.293 e. The first-order chi connectivity index (χ1) is 12.6. The number of aryl methyl sites for hydroxylation is 1. The zero-order valence-electron chi connectivity index (χ0n) is 14.5. The Hall–Kier alpha value is -2.99. The van der Waals surface area contributed by atoms with E-state index in [2.05, 4.69) is 15.1 Å². The van der Waals surface area contributed by atoms with Gasteiger partial charge in [0.25, 0.3) is 5.56 Å². The summed E-state index contributed by atoms with van der Waals surface area (Å²) in [6.45, 7) is 3.89. The van der Waals surface area contributed by atoms with Crippen LogP contribution in [0.5, 0.6) is 0 Å². The molecule has 4 rings (SSSR count). The first-order valence-corrected chi connectivity index (χ1v) is 9.21. The molecule has 0 bridgehead atoms. The van der Waals surface area contributed by atoms with Gasteiger partial charge in [-0.15, -0.1) is 0 Å². The van der Waals surface area contributed by atoms with Crippen LogP contribution >= 0.6 is 11.3 Å². The average molecular weight is 362 g/mol. The van der Waals surface area contributed by atoms with Gasteiger partial charge < -0.3 is 0 Å². The predicted molar refractivity (Wildman–Crippen MR) is 107 cm³/mol. The number of benzene rings is 2. The molecule has 0 saturated heterocycles. The maximum Gasteiger partial charge on any atom is 0.282 e. The Bertz CT molecular complexity index is 1100. The SMILES string of the molecule is Cc1[nH]n(-c2nc3ccccc3s2)c(=O)c1C=N[C@H](C)c1ccccc1. The minimum absolute atomic E-state index is 0.0131. The van der Waals surface area contributed by atoms with Crippen LogP contribution in [0.4, 0.5) is 0 Å². The van der Waals surface area contributed by atoms with E-state index in [0.717, 1.165) is 21.5 Å². The third-order valence-electron chi connectivity index (χ3n) is 4.30. The fraction of sp³-hybridized carbons (Fsp3) is 0.150. The van der Waals surface area contributed by atoms with Gasteiger partial charge in [-0.3, -0.25) is 14.9 Å². The van der Waals surface area contributed by atoms with E-state index in [1.54, 1.807) is 6.21 Å². The van der Waals surface area contributed by atoms with Crippen molar-refractivity contribution in [2.75, 3.05) is 0 Å². The molecule has 0 amide bonds. The summed E-state index contributed by atoms with van der Waals surface area (Å²) < 4.78 is 2.55. The molecule has 0 radical (unpaired) electrons. The van der Waals surface area contributed by atoms with E-state index in [0.29, 0.717) is 10.7 Å².